The molecule has 3 rings (SSSR count). The van der Waals surface area contributed by atoms with Gasteiger partial charge in [-0.1, -0.05) is 0 Å². The molecule has 1 saturated carbocycles. The topological polar surface area (TPSA) is 71.3 Å². The molecule has 1 aromatic carbocycles. The van der Waals surface area contributed by atoms with Gasteiger partial charge >= 0.3 is 0 Å². The van der Waals surface area contributed by atoms with Crippen LogP contribution in [0, 0.1) is 6.92 Å². The van der Waals surface area contributed by atoms with Gasteiger partial charge in [0.2, 0.25) is 0 Å². The molecule has 1 fully saturated rings. The van der Waals surface area contributed by atoms with Crippen LogP contribution in [0.5, 0.6) is 0 Å². The van der Waals surface area contributed by atoms with Crippen molar-refractivity contribution in [2.24, 2.45) is 0 Å². The molecule has 1 aliphatic carbocycles. The second kappa shape index (κ2) is 5.44. The lowest BCUT2D eigenvalue weighted by Gasteiger charge is -2.06. The first-order chi connectivity index (χ1) is 10.1. The van der Waals surface area contributed by atoms with Gasteiger partial charge in [0.1, 0.15) is 0 Å². The van der Waals surface area contributed by atoms with Crippen LogP contribution in [0.2, 0.25) is 0 Å². The van der Waals surface area contributed by atoms with Crippen LogP contribution in [0.25, 0.3) is 0 Å². The van der Waals surface area contributed by atoms with Gasteiger partial charge in [-0.25, -0.2) is 0 Å². The fourth-order valence-electron chi connectivity index (χ4n) is 1.99. The minimum atomic E-state index is -0.298. The Labute approximate surface area is 122 Å². The Morgan fingerprint density at radius 2 is 1.81 bits per heavy atom. The normalized spacial score (nSPS) is 13.8. The maximum Gasteiger partial charge on any atom is 0.291 e. The van der Waals surface area contributed by atoms with E-state index in [1.165, 1.54) is 6.26 Å². The number of carbonyl (C=O) groups excluding carboxylic acids is 2. The van der Waals surface area contributed by atoms with Gasteiger partial charge in [0, 0.05) is 22.9 Å². The molecule has 2 amide bonds. The number of furan rings is 1. The average molecular weight is 284 g/mol. The van der Waals surface area contributed by atoms with Crippen molar-refractivity contribution in [3.05, 3.63) is 53.5 Å². The van der Waals surface area contributed by atoms with E-state index in [-0.39, 0.29) is 11.8 Å². The van der Waals surface area contributed by atoms with Crippen molar-refractivity contribution in [2.45, 2.75) is 25.8 Å². The molecule has 1 heterocycles. The zero-order valence-electron chi connectivity index (χ0n) is 11.7. The van der Waals surface area contributed by atoms with E-state index >= 15 is 0 Å². The zero-order valence-corrected chi connectivity index (χ0v) is 11.7. The summed E-state index contributed by atoms with van der Waals surface area (Å²) in [7, 11) is 0. The highest BCUT2D eigenvalue weighted by Crippen LogP contribution is 2.20. The Bertz CT molecular complexity index is 669. The molecule has 1 aliphatic rings. The smallest absolute Gasteiger partial charge is 0.291 e. The standard InChI is InChI=1S/C16H16N2O3/c1-10-8-9-21-14(10)16(20)18-12-4-2-11(3-5-12)15(19)17-13-6-7-13/h2-5,8-9,13H,6-7H2,1H3,(H,17,19)(H,18,20). The Morgan fingerprint density at radius 1 is 1.10 bits per heavy atom. The van der Waals surface area contributed by atoms with E-state index in [1.807, 2.05) is 6.92 Å². The van der Waals surface area contributed by atoms with Crippen molar-refractivity contribution >= 4 is 17.5 Å². The molecule has 2 aromatic rings. The number of hydrogen-bond acceptors (Lipinski definition) is 3. The zero-order chi connectivity index (χ0) is 14.8. The minimum absolute atomic E-state index is 0.0720. The number of anilines is 1. The first-order valence-corrected chi connectivity index (χ1v) is 6.90. The Morgan fingerprint density at radius 3 is 2.38 bits per heavy atom. The lowest BCUT2D eigenvalue weighted by atomic mass is 10.2. The summed E-state index contributed by atoms with van der Waals surface area (Å²) in [6.07, 6.45) is 3.60. The number of rotatable bonds is 4. The summed E-state index contributed by atoms with van der Waals surface area (Å²) in [5.74, 6) is -0.0736. The van der Waals surface area contributed by atoms with E-state index in [0.717, 1.165) is 18.4 Å². The van der Waals surface area contributed by atoms with Crippen molar-refractivity contribution < 1.29 is 14.0 Å². The minimum Gasteiger partial charge on any atom is -0.459 e. The van der Waals surface area contributed by atoms with E-state index in [1.54, 1.807) is 30.3 Å². The van der Waals surface area contributed by atoms with Gasteiger partial charge in [0.15, 0.2) is 5.76 Å². The van der Waals surface area contributed by atoms with Crippen LogP contribution < -0.4 is 10.6 Å². The number of nitrogens with one attached hydrogen (secondary N) is 2. The molecule has 0 aliphatic heterocycles. The third-order valence-electron chi connectivity index (χ3n) is 3.39. The monoisotopic (exact) mass is 284 g/mol. The predicted molar refractivity (Wildman–Crippen MR) is 78.3 cm³/mol. The van der Waals surface area contributed by atoms with E-state index in [2.05, 4.69) is 10.6 Å². The Balaban J connectivity index is 1.65. The second-order valence-corrected chi connectivity index (χ2v) is 5.21. The van der Waals surface area contributed by atoms with Crippen LogP contribution in [-0.4, -0.2) is 17.9 Å². The molecule has 0 atom stereocenters. The van der Waals surface area contributed by atoms with Crippen LogP contribution >= 0.6 is 0 Å². The number of benzene rings is 1. The van der Waals surface area contributed by atoms with Gasteiger partial charge in [-0.05, 0) is 50.1 Å². The van der Waals surface area contributed by atoms with Crippen LogP contribution in [0.1, 0.15) is 39.3 Å². The molecule has 0 spiro atoms. The summed E-state index contributed by atoms with van der Waals surface area (Å²) in [6.45, 7) is 1.81. The second-order valence-electron chi connectivity index (χ2n) is 5.21. The molecule has 5 nitrogen and oxygen atoms in total. The van der Waals surface area contributed by atoms with Gasteiger partial charge in [-0.3, -0.25) is 9.59 Å². The average Bonchev–Trinajstić information content (AvgIpc) is 3.18. The summed E-state index contributed by atoms with van der Waals surface area (Å²) >= 11 is 0. The fourth-order valence-corrected chi connectivity index (χ4v) is 1.99. The summed E-state index contributed by atoms with van der Waals surface area (Å²) in [6, 6.07) is 8.87. The highest BCUT2D eigenvalue weighted by molar-refractivity contribution is 6.03. The summed E-state index contributed by atoms with van der Waals surface area (Å²) < 4.78 is 5.13. The third-order valence-corrected chi connectivity index (χ3v) is 3.39. The number of aryl methyl sites for hydroxylation is 1. The van der Waals surface area contributed by atoms with E-state index in [9.17, 15) is 9.59 Å². The summed E-state index contributed by atoms with van der Waals surface area (Å²) in [5.41, 5.74) is 2.00. The van der Waals surface area contributed by atoms with E-state index in [4.69, 9.17) is 4.42 Å². The van der Waals surface area contributed by atoms with Crippen molar-refractivity contribution in [2.75, 3.05) is 5.32 Å². The van der Waals surface area contributed by atoms with E-state index in [0.29, 0.717) is 23.1 Å². The molecule has 0 bridgehead atoms. The molecule has 21 heavy (non-hydrogen) atoms. The molecule has 0 saturated heterocycles. The first kappa shape index (κ1) is 13.4. The molecule has 0 radical (unpaired) electrons. The largest absolute Gasteiger partial charge is 0.459 e. The Kier molecular flexibility index (Phi) is 3.48. The highest BCUT2D eigenvalue weighted by Gasteiger charge is 2.23. The molecule has 108 valence electrons. The van der Waals surface area contributed by atoms with Crippen LogP contribution in [0.3, 0.4) is 0 Å². The molecular formula is C16H16N2O3. The maximum absolute atomic E-state index is 12.0. The lowest BCUT2D eigenvalue weighted by Crippen LogP contribution is -2.25. The Hall–Kier alpha value is -2.56. The van der Waals surface area contributed by atoms with Crippen molar-refractivity contribution in [3.63, 3.8) is 0 Å². The predicted octanol–water partition coefficient (Wildman–Crippen LogP) is 2.73. The van der Waals surface area contributed by atoms with Crippen LogP contribution in [-0.2, 0) is 0 Å². The SMILES string of the molecule is Cc1ccoc1C(=O)Nc1ccc(C(=O)NC2CC2)cc1. The number of amides is 2. The van der Waals surface area contributed by atoms with Crippen molar-refractivity contribution in [3.8, 4) is 0 Å². The molecule has 5 heteroatoms. The van der Waals surface area contributed by atoms with Gasteiger partial charge in [-0.2, -0.15) is 0 Å². The quantitative estimate of drug-likeness (QED) is 0.906. The summed E-state index contributed by atoms with van der Waals surface area (Å²) in [4.78, 5) is 23.8. The third kappa shape index (κ3) is 3.13. The summed E-state index contributed by atoms with van der Waals surface area (Å²) in [5, 5.41) is 5.66. The fraction of sp³-hybridized carbons (Fsp3) is 0.250. The molecule has 0 unspecified atom stereocenters. The highest BCUT2D eigenvalue weighted by atomic mass is 16.3. The van der Waals surface area contributed by atoms with Crippen LogP contribution in [0.15, 0.2) is 41.0 Å². The maximum atomic E-state index is 12.0. The number of carbonyl (C=O) groups is 2. The first-order valence-electron chi connectivity index (χ1n) is 6.90. The van der Waals surface area contributed by atoms with E-state index < -0.39 is 0 Å². The lowest BCUT2D eigenvalue weighted by molar-refractivity contribution is 0.0950. The van der Waals surface area contributed by atoms with Crippen molar-refractivity contribution in [1.82, 2.24) is 5.32 Å². The van der Waals surface area contributed by atoms with Gasteiger partial charge < -0.3 is 15.1 Å². The molecular weight excluding hydrogens is 268 g/mol. The van der Waals surface area contributed by atoms with Crippen LogP contribution in [0.4, 0.5) is 5.69 Å². The van der Waals surface area contributed by atoms with Gasteiger partial charge in [-0.15, -0.1) is 0 Å². The van der Waals surface area contributed by atoms with Crippen molar-refractivity contribution in [1.29, 1.82) is 0 Å². The molecule has 1 aromatic heterocycles. The number of hydrogen-bond donors (Lipinski definition) is 2. The van der Waals surface area contributed by atoms with Gasteiger partial charge in [0.05, 0.1) is 6.26 Å². The van der Waals surface area contributed by atoms with Gasteiger partial charge in [0.25, 0.3) is 11.8 Å². The molecule has 2 N–H and O–H groups in total.